The van der Waals surface area contributed by atoms with E-state index in [-0.39, 0.29) is 12.4 Å². The van der Waals surface area contributed by atoms with E-state index >= 15 is 0 Å². The van der Waals surface area contributed by atoms with E-state index in [0.717, 1.165) is 23.0 Å². The fourth-order valence-electron chi connectivity index (χ4n) is 2.39. The standard InChI is InChI=1S/C19H20FN3O2S/c1-24-12-7-13-26-19-22-21-18(23(19)15-8-3-2-4-9-15)14-25-17-11-6-5-10-16(17)20/h2-6,8-11H,7,12-14H2,1H3. The molecule has 0 bridgehead atoms. The molecule has 0 unspecified atom stereocenters. The molecule has 3 rings (SSSR count). The van der Waals surface area contributed by atoms with Crippen LogP contribution in [-0.2, 0) is 11.3 Å². The molecule has 0 radical (unpaired) electrons. The first-order chi connectivity index (χ1) is 12.8. The number of nitrogens with zero attached hydrogens (tertiary/aromatic N) is 3. The van der Waals surface area contributed by atoms with Gasteiger partial charge in [0.1, 0.15) is 6.61 Å². The van der Waals surface area contributed by atoms with Crippen molar-refractivity contribution in [3.05, 3.63) is 66.2 Å². The molecule has 26 heavy (non-hydrogen) atoms. The third kappa shape index (κ3) is 4.62. The molecule has 5 nitrogen and oxygen atoms in total. The highest BCUT2D eigenvalue weighted by atomic mass is 32.2. The van der Waals surface area contributed by atoms with Gasteiger partial charge >= 0.3 is 0 Å². The lowest BCUT2D eigenvalue weighted by Crippen LogP contribution is -2.07. The Balaban J connectivity index is 1.80. The van der Waals surface area contributed by atoms with Crippen LogP contribution in [0.2, 0.25) is 0 Å². The van der Waals surface area contributed by atoms with E-state index in [9.17, 15) is 4.39 Å². The summed E-state index contributed by atoms with van der Waals surface area (Å²) in [5.74, 6) is 1.29. The summed E-state index contributed by atoms with van der Waals surface area (Å²) in [5.41, 5.74) is 0.943. The Morgan fingerprint density at radius 1 is 1.04 bits per heavy atom. The van der Waals surface area contributed by atoms with Gasteiger partial charge in [-0.05, 0) is 30.7 Å². The highest BCUT2D eigenvalue weighted by Crippen LogP contribution is 2.24. The van der Waals surface area contributed by atoms with E-state index in [1.165, 1.54) is 6.07 Å². The van der Waals surface area contributed by atoms with Gasteiger partial charge in [-0.1, -0.05) is 42.1 Å². The third-order valence-electron chi connectivity index (χ3n) is 3.63. The predicted octanol–water partition coefficient (Wildman–Crippen LogP) is 4.11. The number of hydrogen-bond donors (Lipinski definition) is 0. The van der Waals surface area contributed by atoms with Gasteiger partial charge in [0.15, 0.2) is 22.5 Å². The Labute approximate surface area is 156 Å². The van der Waals surface area contributed by atoms with Gasteiger partial charge in [-0.3, -0.25) is 4.57 Å². The van der Waals surface area contributed by atoms with Crippen molar-refractivity contribution in [2.75, 3.05) is 19.5 Å². The Morgan fingerprint density at radius 3 is 2.58 bits per heavy atom. The number of benzene rings is 2. The van der Waals surface area contributed by atoms with Gasteiger partial charge in [0.05, 0.1) is 0 Å². The topological polar surface area (TPSA) is 49.2 Å². The number of halogens is 1. The van der Waals surface area contributed by atoms with Crippen LogP contribution in [0, 0.1) is 5.82 Å². The fourth-order valence-corrected chi connectivity index (χ4v) is 3.28. The van der Waals surface area contributed by atoms with Crippen LogP contribution in [-0.4, -0.2) is 34.2 Å². The summed E-state index contributed by atoms with van der Waals surface area (Å²) in [6, 6.07) is 16.2. The van der Waals surface area contributed by atoms with E-state index in [4.69, 9.17) is 9.47 Å². The van der Waals surface area contributed by atoms with Crippen LogP contribution in [0.25, 0.3) is 5.69 Å². The highest BCUT2D eigenvalue weighted by Gasteiger charge is 2.15. The number of aromatic nitrogens is 3. The van der Waals surface area contributed by atoms with Crippen LogP contribution in [0.5, 0.6) is 5.75 Å². The molecule has 3 aromatic rings. The Kier molecular flexibility index (Phi) is 6.62. The van der Waals surface area contributed by atoms with Gasteiger partial charge in [0.2, 0.25) is 0 Å². The molecule has 0 atom stereocenters. The Bertz CT molecular complexity index is 827. The SMILES string of the molecule is COCCCSc1nnc(COc2ccccc2F)n1-c1ccccc1. The molecule has 2 aromatic carbocycles. The first kappa shape index (κ1) is 18.4. The minimum Gasteiger partial charge on any atom is -0.483 e. The molecule has 0 amide bonds. The van der Waals surface area contributed by atoms with Crippen LogP contribution >= 0.6 is 11.8 Å². The number of hydrogen-bond acceptors (Lipinski definition) is 5. The Hall–Kier alpha value is -2.38. The first-order valence-electron chi connectivity index (χ1n) is 8.28. The zero-order valence-corrected chi connectivity index (χ0v) is 15.3. The lowest BCUT2D eigenvalue weighted by Gasteiger charge is -2.11. The Morgan fingerprint density at radius 2 is 1.81 bits per heavy atom. The molecule has 0 N–H and O–H groups in total. The molecule has 1 aromatic heterocycles. The molecule has 0 fully saturated rings. The third-order valence-corrected chi connectivity index (χ3v) is 4.65. The van der Waals surface area contributed by atoms with Crippen LogP contribution in [0.15, 0.2) is 59.8 Å². The summed E-state index contributed by atoms with van der Waals surface area (Å²) in [7, 11) is 1.69. The van der Waals surface area contributed by atoms with Crippen molar-refractivity contribution in [3.63, 3.8) is 0 Å². The second kappa shape index (κ2) is 9.35. The summed E-state index contributed by atoms with van der Waals surface area (Å²) in [6.07, 6.45) is 0.921. The van der Waals surface area contributed by atoms with E-state index in [2.05, 4.69) is 10.2 Å². The van der Waals surface area contributed by atoms with Crippen molar-refractivity contribution < 1.29 is 13.9 Å². The maximum absolute atomic E-state index is 13.8. The van der Waals surface area contributed by atoms with Crippen molar-refractivity contribution in [3.8, 4) is 11.4 Å². The van der Waals surface area contributed by atoms with Crippen molar-refractivity contribution in [1.29, 1.82) is 0 Å². The van der Waals surface area contributed by atoms with Crippen LogP contribution in [0.3, 0.4) is 0 Å². The van der Waals surface area contributed by atoms with Gasteiger partial charge in [0, 0.05) is 25.2 Å². The van der Waals surface area contributed by atoms with Crippen LogP contribution in [0.4, 0.5) is 4.39 Å². The zero-order chi connectivity index (χ0) is 18.2. The van der Waals surface area contributed by atoms with Crippen LogP contribution < -0.4 is 4.74 Å². The summed E-state index contributed by atoms with van der Waals surface area (Å²) in [5, 5.41) is 9.31. The largest absolute Gasteiger partial charge is 0.483 e. The van der Waals surface area contributed by atoms with Crippen molar-refractivity contribution in [2.45, 2.75) is 18.2 Å². The normalized spacial score (nSPS) is 10.8. The molecule has 0 saturated carbocycles. The second-order valence-corrected chi connectivity index (χ2v) is 6.55. The summed E-state index contributed by atoms with van der Waals surface area (Å²) >= 11 is 1.61. The number of ether oxygens (including phenoxy) is 2. The summed E-state index contributed by atoms with van der Waals surface area (Å²) < 4.78 is 26.4. The molecule has 0 saturated heterocycles. The fraction of sp³-hybridized carbons (Fsp3) is 0.263. The molecule has 0 aliphatic rings. The summed E-state index contributed by atoms with van der Waals surface area (Å²) in [4.78, 5) is 0. The number of para-hydroxylation sites is 2. The van der Waals surface area contributed by atoms with Crippen molar-refractivity contribution in [2.24, 2.45) is 0 Å². The maximum Gasteiger partial charge on any atom is 0.195 e. The lowest BCUT2D eigenvalue weighted by atomic mass is 10.3. The number of methoxy groups -OCH3 is 1. The van der Waals surface area contributed by atoms with E-state index in [1.54, 1.807) is 37.1 Å². The quantitative estimate of drug-likeness (QED) is 0.417. The molecule has 7 heteroatoms. The maximum atomic E-state index is 13.8. The van der Waals surface area contributed by atoms with E-state index in [1.807, 2.05) is 34.9 Å². The van der Waals surface area contributed by atoms with E-state index < -0.39 is 5.82 Å². The molecule has 0 aliphatic heterocycles. The van der Waals surface area contributed by atoms with Gasteiger partial charge in [-0.25, -0.2) is 4.39 Å². The summed E-state index contributed by atoms with van der Waals surface area (Å²) in [6.45, 7) is 0.831. The van der Waals surface area contributed by atoms with Gasteiger partial charge < -0.3 is 9.47 Å². The molecule has 136 valence electrons. The number of rotatable bonds is 9. The minimum atomic E-state index is -0.396. The average molecular weight is 373 g/mol. The monoisotopic (exact) mass is 373 g/mol. The van der Waals surface area contributed by atoms with Gasteiger partial charge in [-0.15, -0.1) is 10.2 Å². The molecular formula is C19H20FN3O2S. The molecule has 1 heterocycles. The van der Waals surface area contributed by atoms with Crippen LogP contribution in [0.1, 0.15) is 12.2 Å². The van der Waals surface area contributed by atoms with Gasteiger partial charge in [-0.2, -0.15) is 0 Å². The van der Waals surface area contributed by atoms with Crippen molar-refractivity contribution in [1.82, 2.24) is 14.8 Å². The number of thioether (sulfide) groups is 1. The average Bonchev–Trinajstić information content (AvgIpc) is 3.08. The predicted molar refractivity (Wildman–Crippen MR) is 99.3 cm³/mol. The minimum absolute atomic E-state index is 0.126. The molecular weight excluding hydrogens is 353 g/mol. The molecule has 0 spiro atoms. The highest BCUT2D eigenvalue weighted by molar-refractivity contribution is 7.99. The zero-order valence-electron chi connectivity index (χ0n) is 14.5. The second-order valence-electron chi connectivity index (χ2n) is 5.48. The first-order valence-corrected chi connectivity index (χ1v) is 9.27. The van der Waals surface area contributed by atoms with E-state index in [0.29, 0.717) is 12.4 Å². The van der Waals surface area contributed by atoms with Gasteiger partial charge in [0.25, 0.3) is 0 Å². The smallest absolute Gasteiger partial charge is 0.195 e. The molecule has 0 aliphatic carbocycles. The van der Waals surface area contributed by atoms with Crippen molar-refractivity contribution >= 4 is 11.8 Å². The lowest BCUT2D eigenvalue weighted by molar-refractivity contribution is 0.200.